The monoisotopic (exact) mass is 525 g/mol. The molecule has 0 aliphatic rings. The second kappa shape index (κ2) is 10.1. The number of rotatable bonds is 6. The molecule has 160 valence electrons. The minimum absolute atomic E-state index is 0.325. The molecule has 1 heterocycles. The number of nitrogens with zero attached hydrogens (tertiary/aromatic N) is 2. The summed E-state index contributed by atoms with van der Waals surface area (Å²) >= 11 is 11.0. The van der Waals surface area contributed by atoms with Crippen LogP contribution in [0.4, 0.5) is 5.13 Å². The lowest BCUT2D eigenvalue weighted by Crippen LogP contribution is -2.09. The largest absolute Gasteiger partial charge is 0.423 e. The van der Waals surface area contributed by atoms with E-state index in [0.29, 0.717) is 21.5 Å². The Morgan fingerprint density at radius 1 is 1.06 bits per heavy atom. The number of esters is 1. The van der Waals surface area contributed by atoms with Crippen molar-refractivity contribution in [3.8, 4) is 17.0 Å². The van der Waals surface area contributed by atoms with E-state index >= 15 is 0 Å². The van der Waals surface area contributed by atoms with Crippen molar-refractivity contribution in [1.29, 1.82) is 0 Å². The zero-order valence-electron chi connectivity index (χ0n) is 16.9. The average molecular weight is 527 g/mol. The molecular weight excluding hydrogens is 510 g/mol. The summed E-state index contributed by atoms with van der Waals surface area (Å²) in [6.07, 6.45) is 0. The van der Waals surface area contributed by atoms with Crippen LogP contribution < -0.4 is 10.2 Å². The summed E-state index contributed by atoms with van der Waals surface area (Å²) < 4.78 is 6.43. The van der Waals surface area contributed by atoms with E-state index in [4.69, 9.17) is 16.3 Å². The minimum atomic E-state index is -0.499. The van der Waals surface area contributed by atoms with E-state index in [1.165, 1.54) is 11.3 Å². The topological polar surface area (TPSA) is 63.6 Å². The van der Waals surface area contributed by atoms with Crippen LogP contribution in [0.3, 0.4) is 0 Å². The van der Waals surface area contributed by atoms with Gasteiger partial charge < -0.3 is 4.74 Å². The zero-order chi connectivity index (χ0) is 22.5. The van der Waals surface area contributed by atoms with Crippen LogP contribution >= 0.6 is 38.9 Å². The number of benzene rings is 3. The standard InChI is InChI=1S/C24H17BrClN3O2S/c1-15(28-29-24-27-22(14-32-24)17-6-10-18(25)11-7-17)16-8-12-19(13-9-16)31-23(30)20-4-2-3-5-21(20)26/h2-14H,1H3,(H,27,29)/b28-15-. The number of hydrogen-bond acceptors (Lipinski definition) is 6. The Morgan fingerprint density at radius 2 is 1.78 bits per heavy atom. The van der Waals surface area contributed by atoms with Gasteiger partial charge in [-0.25, -0.2) is 9.78 Å². The predicted octanol–water partition coefficient (Wildman–Crippen LogP) is 7.28. The lowest BCUT2D eigenvalue weighted by Gasteiger charge is -2.07. The van der Waals surface area contributed by atoms with Gasteiger partial charge in [0.2, 0.25) is 5.13 Å². The van der Waals surface area contributed by atoms with Crippen LogP contribution in [-0.2, 0) is 0 Å². The third-order valence-corrected chi connectivity index (χ3v) is 6.15. The molecule has 0 atom stereocenters. The van der Waals surface area contributed by atoms with Gasteiger partial charge in [-0.1, -0.05) is 51.8 Å². The van der Waals surface area contributed by atoms with E-state index in [1.54, 1.807) is 36.4 Å². The summed E-state index contributed by atoms with van der Waals surface area (Å²) in [4.78, 5) is 16.9. The van der Waals surface area contributed by atoms with E-state index in [1.807, 2.05) is 48.7 Å². The highest BCUT2D eigenvalue weighted by Crippen LogP contribution is 2.26. The Morgan fingerprint density at radius 3 is 2.50 bits per heavy atom. The number of halogens is 2. The van der Waals surface area contributed by atoms with Crippen LogP contribution in [0.5, 0.6) is 5.75 Å². The molecule has 3 aromatic carbocycles. The number of hydrazone groups is 1. The normalized spacial score (nSPS) is 11.3. The number of carbonyl (C=O) groups is 1. The fraction of sp³-hybridized carbons (Fsp3) is 0.0417. The van der Waals surface area contributed by atoms with E-state index in [2.05, 4.69) is 31.4 Å². The smallest absolute Gasteiger partial charge is 0.345 e. The molecule has 32 heavy (non-hydrogen) atoms. The lowest BCUT2D eigenvalue weighted by molar-refractivity contribution is 0.0735. The molecule has 4 aromatic rings. The van der Waals surface area contributed by atoms with Crippen molar-refractivity contribution in [1.82, 2.24) is 4.98 Å². The maximum atomic E-state index is 12.3. The zero-order valence-corrected chi connectivity index (χ0v) is 20.0. The van der Waals surface area contributed by atoms with Gasteiger partial charge in [0.05, 0.1) is 22.0 Å². The van der Waals surface area contributed by atoms with Crippen molar-refractivity contribution < 1.29 is 9.53 Å². The second-order valence-electron chi connectivity index (χ2n) is 6.75. The van der Waals surface area contributed by atoms with Gasteiger partial charge >= 0.3 is 5.97 Å². The Hall–Kier alpha value is -3.00. The summed E-state index contributed by atoms with van der Waals surface area (Å²) in [5, 5.41) is 7.46. The van der Waals surface area contributed by atoms with E-state index in [0.717, 1.165) is 27.0 Å². The molecule has 0 fully saturated rings. The van der Waals surface area contributed by atoms with Gasteiger partial charge in [-0.05, 0) is 61.0 Å². The summed E-state index contributed by atoms with van der Waals surface area (Å²) in [5.41, 5.74) is 6.92. The van der Waals surface area contributed by atoms with Crippen molar-refractivity contribution in [2.75, 3.05) is 5.43 Å². The number of thiazole rings is 1. The number of anilines is 1. The van der Waals surface area contributed by atoms with Crippen molar-refractivity contribution in [2.45, 2.75) is 6.92 Å². The number of hydrogen-bond donors (Lipinski definition) is 1. The Labute approximate surface area is 202 Å². The van der Waals surface area contributed by atoms with Gasteiger partial charge in [0.1, 0.15) is 5.75 Å². The molecule has 0 saturated heterocycles. The molecule has 0 amide bonds. The SMILES string of the molecule is C/C(=N/Nc1nc(-c2ccc(Br)cc2)cs1)c1ccc(OC(=O)c2ccccc2Cl)cc1. The van der Waals surface area contributed by atoms with Crippen LogP contribution in [0.25, 0.3) is 11.3 Å². The average Bonchev–Trinajstić information content (AvgIpc) is 3.28. The molecule has 4 rings (SSSR count). The summed E-state index contributed by atoms with van der Waals surface area (Å²) in [6, 6.07) is 21.9. The molecule has 0 saturated carbocycles. The van der Waals surface area contributed by atoms with Crippen LogP contribution in [0.15, 0.2) is 87.8 Å². The van der Waals surface area contributed by atoms with E-state index in [-0.39, 0.29) is 0 Å². The van der Waals surface area contributed by atoms with Crippen molar-refractivity contribution in [3.63, 3.8) is 0 Å². The minimum Gasteiger partial charge on any atom is -0.423 e. The summed E-state index contributed by atoms with van der Waals surface area (Å²) in [6.45, 7) is 1.89. The molecule has 0 aliphatic carbocycles. The van der Waals surface area contributed by atoms with Crippen molar-refractivity contribution >= 4 is 55.7 Å². The maximum absolute atomic E-state index is 12.3. The third-order valence-electron chi connectivity index (χ3n) is 4.54. The molecule has 5 nitrogen and oxygen atoms in total. The molecule has 1 N–H and O–H groups in total. The number of nitrogens with one attached hydrogen (secondary N) is 1. The van der Waals surface area contributed by atoms with E-state index in [9.17, 15) is 4.79 Å². The molecule has 0 unspecified atom stereocenters. The Bertz CT molecular complexity index is 1270. The molecule has 0 spiro atoms. The third kappa shape index (κ3) is 5.43. The number of ether oxygens (including phenoxy) is 1. The first-order valence-electron chi connectivity index (χ1n) is 9.58. The molecule has 0 aliphatic heterocycles. The summed E-state index contributed by atoms with van der Waals surface area (Å²) in [7, 11) is 0. The number of carbonyl (C=O) groups excluding carboxylic acids is 1. The maximum Gasteiger partial charge on any atom is 0.345 e. The number of aromatic nitrogens is 1. The van der Waals surface area contributed by atoms with Gasteiger partial charge in [-0.3, -0.25) is 5.43 Å². The molecule has 0 radical (unpaired) electrons. The Balaban J connectivity index is 1.39. The summed E-state index contributed by atoms with van der Waals surface area (Å²) in [5.74, 6) is -0.0701. The van der Waals surface area contributed by atoms with Crippen molar-refractivity contribution in [3.05, 3.63) is 98.8 Å². The van der Waals surface area contributed by atoms with E-state index < -0.39 is 5.97 Å². The van der Waals surface area contributed by atoms with Gasteiger partial charge in [0, 0.05) is 15.4 Å². The fourth-order valence-electron chi connectivity index (χ4n) is 2.83. The predicted molar refractivity (Wildman–Crippen MR) is 134 cm³/mol. The highest BCUT2D eigenvalue weighted by Gasteiger charge is 2.12. The molecular formula is C24H17BrClN3O2S. The molecule has 1 aromatic heterocycles. The van der Waals surface area contributed by atoms with Crippen LogP contribution in [0.2, 0.25) is 5.02 Å². The van der Waals surface area contributed by atoms with Crippen LogP contribution in [-0.4, -0.2) is 16.7 Å². The quantitative estimate of drug-likeness (QED) is 0.124. The van der Waals surface area contributed by atoms with Gasteiger partial charge in [0.25, 0.3) is 0 Å². The van der Waals surface area contributed by atoms with Gasteiger partial charge in [-0.2, -0.15) is 5.10 Å². The Kier molecular flexibility index (Phi) is 6.99. The highest BCUT2D eigenvalue weighted by atomic mass is 79.9. The van der Waals surface area contributed by atoms with Gasteiger partial charge in [0.15, 0.2) is 0 Å². The van der Waals surface area contributed by atoms with Crippen LogP contribution in [0.1, 0.15) is 22.8 Å². The molecule has 8 heteroatoms. The first kappa shape index (κ1) is 22.2. The lowest BCUT2D eigenvalue weighted by atomic mass is 10.1. The first-order chi connectivity index (χ1) is 15.5. The van der Waals surface area contributed by atoms with Crippen LogP contribution in [0, 0.1) is 0 Å². The van der Waals surface area contributed by atoms with Gasteiger partial charge in [-0.15, -0.1) is 11.3 Å². The molecule has 0 bridgehead atoms. The highest BCUT2D eigenvalue weighted by molar-refractivity contribution is 9.10. The van der Waals surface area contributed by atoms with Crippen molar-refractivity contribution in [2.24, 2.45) is 5.10 Å². The first-order valence-corrected chi connectivity index (χ1v) is 11.6. The fourth-order valence-corrected chi connectivity index (χ4v) is 3.97. The second-order valence-corrected chi connectivity index (χ2v) is 8.93.